The second-order valence-corrected chi connectivity index (χ2v) is 6.76. The first kappa shape index (κ1) is 21.8. The number of ether oxygens (including phenoxy) is 2. The van der Waals surface area contributed by atoms with Crippen molar-refractivity contribution in [2.45, 2.75) is 51.3 Å². The molecule has 5 heteroatoms. The summed E-state index contributed by atoms with van der Waals surface area (Å²) >= 11 is 6.00. The third kappa shape index (κ3) is 9.13. The molecular weight excluding hydrogens is 338 g/mol. The second kappa shape index (κ2) is 13.0. The van der Waals surface area contributed by atoms with Gasteiger partial charge in [-0.25, -0.2) is 0 Å². The fourth-order valence-electron chi connectivity index (χ4n) is 2.53. The lowest BCUT2D eigenvalue weighted by Crippen LogP contribution is -2.30. The van der Waals surface area contributed by atoms with Gasteiger partial charge in [-0.3, -0.25) is 9.69 Å². The predicted molar refractivity (Wildman–Crippen MR) is 104 cm³/mol. The van der Waals surface area contributed by atoms with Crippen LogP contribution in [0.15, 0.2) is 24.3 Å². The maximum Gasteiger partial charge on any atom is 0.324 e. The van der Waals surface area contributed by atoms with Crippen LogP contribution in [0.1, 0.15) is 45.1 Å². The number of unbranched alkanes of at least 4 members (excludes halogenated alkanes) is 2. The van der Waals surface area contributed by atoms with Gasteiger partial charge < -0.3 is 9.47 Å². The van der Waals surface area contributed by atoms with E-state index in [1.165, 1.54) is 32.8 Å². The van der Waals surface area contributed by atoms with Gasteiger partial charge in [0.15, 0.2) is 0 Å². The number of esters is 1. The zero-order chi connectivity index (χ0) is 18.5. The van der Waals surface area contributed by atoms with E-state index in [1.54, 1.807) is 0 Å². The Kier molecular flexibility index (Phi) is 11.3. The molecule has 1 unspecified atom stereocenters. The first-order valence-electron chi connectivity index (χ1n) is 9.26. The lowest BCUT2D eigenvalue weighted by atomic mass is 10.1. The Morgan fingerprint density at radius 3 is 2.20 bits per heavy atom. The SMILES string of the molecule is CCCCN(CCCC)CCOc1ccc(CC(Cl)C(=O)OC)cc1. The average molecular weight is 370 g/mol. The van der Waals surface area contributed by atoms with Gasteiger partial charge in [0, 0.05) is 6.54 Å². The predicted octanol–water partition coefficient (Wildman–Crippen LogP) is 4.29. The van der Waals surface area contributed by atoms with Crippen molar-refractivity contribution in [2.24, 2.45) is 0 Å². The van der Waals surface area contributed by atoms with Crippen molar-refractivity contribution in [2.75, 3.05) is 33.4 Å². The van der Waals surface area contributed by atoms with Crippen LogP contribution in [0.4, 0.5) is 0 Å². The van der Waals surface area contributed by atoms with Gasteiger partial charge in [0.1, 0.15) is 17.7 Å². The van der Waals surface area contributed by atoms with E-state index in [0.717, 1.165) is 30.9 Å². The van der Waals surface area contributed by atoms with Gasteiger partial charge >= 0.3 is 5.97 Å². The molecule has 0 saturated heterocycles. The van der Waals surface area contributed by atoms with Crippen LogP contribution in [0.2, 0.25) is 0 Å². The minimum absolute atomic E-state index is 0.402. The van der Waals surface area contributed by atoms with Crippen LogP contribution < -0.4 is 4.74 Å². The van der Waals surface area contributed by atoms with Gasteiger partial charge in [-0.05, 0) is 50.0 Å². The van der Waals surface area contributed by atoms with Gasteiger partial charge in [0.25, 0.3) is 0 Å². The average Bonchev–Trinajstić information content (AvgIpc) is 2.64. The highest BCUT2D eigenvalue weighted by Crippen LogP contribution is 2.15. The van der Waals surface area contributed by atoms with E-state index in [0.29, 0.717) is 13.0 Å². The molecule has 1 aromatic carbocycles. The van der Waals surface area contributed by atoms with Gasteiger partial charge in [-0.1, -0.05) is 38.8 Å². The van der Waals surface area contributed by atoms with Crippen LogP contribution in [-0.4, -0.2) is 49.6 Å². The number of methoxy groups -OCH3 is 1. The monoisotopic (exact) mass is 369 g/mol. The molecule has 0 N–H and O–H groups in total. The van der Waals surface area contributed by atoms with Gasteiger partial charge in [-0.2, -0.15) is 0 Å². The molecule has 1 atom stereocenters. The van der Waals surface area contributed by atoms with E-state index in [1.807, 2.05) is 24.3 Å². The Morgan fingerprint density at radius 1 is 1.08 bits per heavy atom. The van der Waals surface area contributed by atoms with Crippen molar-refractivity contribution < 1.29 is 14.3 Å². The Bertz CT molecular complexity index is 470. The molecule has 1 aromatic rings. The Labute approximate surface area is 157 Å². The lowest BCUT2D eigenvalue weighted by molar-refractivity contribution is -0.140. The topological polar surface area (TPSA) is 38.8 Å². The number of halogens is 1. The smallest absolute Gasteiger partial charge is 0.324 e. The first-order chi connectivity index (χ1) is 12.1. The molecule has 4 nitrogen and oxygen atoms in total. The van der Waals surface area contributed by atoms with Crippen LogP contribution in [0.5, 0.6) is 5.75 Å². The first-order valence-corrected chi connectivity index (χ1v) is 9.70. The van der Waals surface area contributed by atoms with Crippen molar-refractivity contribution in [1.82, 2.24) is 4.90 Å². The summed E-state index contributed by atoms with van der Waals surface area (Å²) in [4.78, 5) is 13.8. The molecule has 0 heterocycles. The summed E-state index contributed by atoms with van der Waals surface area (Å²) in [5, 5.41) is -0.651. The zero-order valence-corrected chi connectivity index (χ0v) is 16.6. The van der Waals surface area contributed by atoms with E-state index in [9.17, 15) is 4.79 Å². The molecule has 0 spiro atoms. The summed E-state index contributed by atoms with van der Waals surface area (Å²) < 4.78 is 10.5. The number of hydrogen-bond acceptors (Lipinski definition) is 4. The summed E-state index contributed by atoms with van der Waals surface area (Å²) in [7, 11) is 1.35. The molecular formula is C20H32ClNO3. The molecule has 25 heavy (non-hydrogen) atoms. The van der Waals surface area contributed by atoms with E-state index >= 15 is 0 Å². The van der Waals surface area contributed by atoms with Crippen molar-refractivity contribution in [3.8, 4) is 5.75 Å². The molecule has 0 amide bonds. The number of nitrogens with zero attached hydrogens (tertiary/aromatic N) is 1. The molecule has 0 aromatic heterocycles. The molecule has 0 radical (unpaired) electrons. The molecule has 1 rings (SSSR count). The Hall–Kier alpha value is -1.26. The van der Waals surface area contributed by atoms with Gasteiger partial charge in [0.2, 0.25) is 0 Å². The van der Waals surface area contributed by atoms with Crippen LogP contribution in [0.3, 0.4) is 0 Å². The summed E-state index contributed by atoms with van der Waals surface area (Å²) in [5.74, 6) is 0.445. The summed E-state index contributed by atoms with van der Waals surface area (Å²) in [6.45, 7) is 8.37. The minimum atomic E-state index is -0.651. The fraction of sp³-hybridized carbons (Fsp3) is 0.650. The zero-order valence-electron chi connectivity index (χ0n) is 15.8. The second-order valence-electron chi connectivity index (χ2n) is 6.24. The van der Waals surface area contributed by atoms with E-state index in [-0.39, 0.29) is 0 Å². The molecule has 0 fully saturated rings. The van der Waals surface area contributed by atoms with Crippen LogP contribution in [-0.2, 0) is 16.0 Å². The summed E-state index contributed by atoms with van der Waals surface area (Å²) in [6.07, 6.45) is 5.36. The van der Waals surface area contributed by atoms with Crippen LogP contribution in [0.25, 0.3) is 0 Å². The highest BCUT2D eigenvalue weighted by atomic mass is 35.5. The maximum atomic E-state index is 11.4. The number of carbonyl (C=O) groups excluding carboxylic acids is 1. The number of alkyl halides is 1. The third-order valence-corrected chi connectivity index (χ3v) is 4.46. The normalized spacial score (nSPS) is 12.2. The summed E-state index contributed by atoms with van der Waals surface area (Å²) in [6, 6.07) is 7.75. The van der Waals surface area contributed by atoms with Crippen molar-refractivity contribution in [1.29, 1.82) is 0 Å². The number of carbonyl (C=O) groups is 1. The number of rotatable bonds is 13. The van der Waals surface area contributed by atoms with Crippen LogP contribution in [0, 0.1) is 0 Å². The van der Waals surface area contributed by atoms with E-state index in [2.05, 4.69) is 23.5 Å². The van der Waals surface area contributed by atoms with Gasteiger partial charge in [0.05, 0.1) is 7.11 Å². The molecule has 0 aliphatic heterocycles. The standard InChI is InChI=1S/C20H32ClNO3/c1-4-6-12-22(13-7-5-2)14-15-25-18-10-8-17(9-11-18)16-19(21)20(23)24-3/h8-11,19H,4-7,12-16H2,1-3H3. The van der Waals surface area contributed by atoms with E-state index < -0.39 is 11.3 Å². The highest BCUT2D eigenvalue weighted by molar-refractivity contribution is 6.30. The Morgan fingerprint density at radius 2 is 1.68 bits per heavy atom. The highest BCUT2D eigenvalue weighted by Gasteiger charge is 2.16. The lowest BCUT2D eigenvalue weighted by Gasteiger charge is -2.22. The molecule has 142 valence electrons. The largest absolute Gasteiger partial charge is 0.492 e. The molecule has 0 bridgehead atoms. The third-order valence-electron chi connectivity index (χ3n) is 4.13. The Balaban J connectivity index is 2.39. The van der Waals surface area contributed by atoms with Gasteiger partial charge in [-0.15, -0.1) is 11.6 Å². The van der Waals surface area contributed by atoms with Crippen molar-refractivity contribution in [3.05, 3.63) is 29.8 Å². The fourth-order valence-corrected chi connectivity index (χ4v) is 2.80. The molecule has 0 aliphatic rings. The van der Waals surface area contributed by atoms with Crippen LogP contribution >= 0.6 is 11.6 Å². The number of benzene rings is 1. The molecule has 0 aliphatic carbocycles. The quantitative estimate of drug-likeness (QED) is 0.384. The van der Waals surface area contributed by atoms with Crippen molar-refractivity contribution >= 4 is 17.6 Å². The van der Waals surface area contributed by atoms with E-state index in [4.69, 9.17) is 16.3 Å². The molecule has 0 saturated carbocycles. The van der Waals surface area contributed by atoms with Crippen molar-refractivity contribution in [3.63, 3.8) is 0 Å². The maximum absolute atomic E-state index is 11.4. The minimum Gasteiger partial charge on any atom is -0.492 e. The summed E-state index contributed by atoms with van der Waals surface area (Å²) in [5.41, 5.74) is 0.991. The number of hydrogen-bond donors (Lipinski definition) is 0.